The molecule has 2 atom stereocenters. The first-order chi connectivity index (χ1) is 12.0. The van der Waals surface area contributed by atoms with Crippen LogP contribution in [-0.2, 0) is 9.53 Å². The van der Waals surface area contributed by atoms with Crippen LogP contribution in [0.2, 0.25) is 0 Å². The number of carbonyl (C=O) groups is 1. The summed E-state index contributed by atoms with van der Waals surface area (Å²) in [5.74, 6) is 1.45. The Morgan fingerprint density at radius 3 is 2.50 bits per heavy atom. The second-order valence-corrected chi connectivity index (χ2v) is 7.24. The minimum absolute atomic E-state index is 0. The van der Waals surface area contributed by atoms with Crippen LogP contribution in [0.5, 0.6) is 0 Å². The molecule has 154 valence electrons. The van der Waals surface area contributed by atoms with Crippen molar-refractivity contribution in [1.82, 2.24) is 15.5 Å². The van der Waals surface area contributed by atoms with Gasteiger partial charge in [-0.3, -0.25) is 14.7 Å². The van der Waals surface area contributed by atoms with Crippen molar-refractivity contribution in [1.29, 1.82) is 0 Å². The molecule has 2 N–H and O–H groups in total. The highest BCUT2D eigenvalue weighted by Gasteiger charge is 2.31. The normalized spacial score (nSPS) is 20.8. The third kappa shape index (κ3) is 9.94. The van der Waals surface area contributed by atoms with Crippen LogP contribution in [0.15, 0.2) is 4.99 Å². The smallest absolute Gasteiger partial charge is 0.305 e. The number of nitrogens with zero attached hydrogens (tertiary/aromatic N) is 2. The Balaban J connectivity index is 0.00000625. The summed E-state index contributed by atoms with van der Waals surface area (Å²) in [5.41, 5.74) is 0. The molecule has 1 aliphatic rings. The fourth-order valence-corrected chi connectivity index (χ4v) is 3.17. The molecule has 1 aliphatic heterocycles. The molecule has 0 aromatic rings. The maximum Gasteiger partial charge on any atom is 0.305 e. The van der Waals surface area contributed by atoms with Gasteiger partial charge in [0, 0.05) is 45.2 Å². The number of aliphatic imine (C=N–C) groups is 1. The number of hydrogen-bond donors (Lipinski definition) is 2. The van der Waals surface area contributed by atoms with Gasteiger partial charge in [-0.25, -0.2) is 0 Å². The van der Waals surface area contributed by atoms with Crippen molar-refractivity contribution < 1.29 is 9.53 Å². The van der Waals surface area contributed by atoms with E-state index in [-0.39, 0.29) is 29.9 Å². The van der Waals surface area contributed by atoms with E-state index < -0.39 is 0 Å². The van der Waals surface area contributed by atoms with E-state index in [9.17, 15) is 4.79 Å². The molecule has 0 aromatic carbocycles. The molecule has 0 radical (unpaired) electrons. The van der Waals surface area contributed by atoms with Crippen molar-refractivity contribution >= 4 is 35.9 Å². The summed E-state index contributed by atoms with van der Waals surface area (Å²) in [4.78, 5) is 18.1. The third-order valence-electron chi connectivity index (χ3n) is 4.82. The number of ether oxygens (including phenoxy) is 1. The van der Waals surface area contributed by atoms with Crippen molar-refractivity contribution in [2.45, 2.75) is 71.9 Å². The van der Waals surface area contributed by atoms with E-state index in [1.165, 1.54) is 0 Å². The van der Waals surface area contributed by atoms with Crippen LogP contribution < -0.4 is 10.6 Å². The zero-order valence-corrected chi connectivity index (χ0v) is 19.5. The number of guanidine groups is 1. The van der Waals surface area contributed by atoms with Gasteiger partial charge in [-0.2, -0.15) is 0 Å². The first-order valence-corrected chi connectivity index (χ1v) is 9.84. The van der Waals surface area contributed by atoms with E-state index in [4.69, 9.17) is 4.74 Å². The molecule has 7 heteroatoms. The van der Waals surface area contributed by atoms with Crippen LogP contribution in [0.1, 0.15) is 59.8 Å². The van der Waals surface area contributed by atoms with Gasteiger partial charge < -0.3 is 15.4 Å². The van der Waals surface area contributed by atoms with E-state index >= 15 is 0 Å². The number of carbonyl (C=O) groups excluding carboxylic acids is 1. The summed E-state index contributed by atoms with van der Waals surface area (Å²) in [6, 6.07) is 1.05. The summed E-state index contributed by atoms with van der Waals surface area (Å²) in [5, 5.41) is 6.98. The van der Waals surface area contributed by atoms with Crippen LogP contribution in [0, 0.1) is 5.92 Å². The summed E-state index contributed by atoms with van der Waals surface area (Å²) in [7, 11) is 1.83. The molecular formula is C19H39IN4O2. The fraction of sp³-hybridized carbons (Fsp3) is 0.895. The lowest BCUT2D eigenvalue weighted by Gasteiger charge is -2.22. The standard InChI is InChI=1S/C19H38N4O2.HI/c1-6-25-18(24)11-9-7-8-10-12-21-19(20-5)22-17-14-23(15(2)3)13-16(17)4;/h15-17H,6-14H2,1-5H3,(H2,20,21,22);1H. The van der Waals surface area contributed by atoms with Gasteiger partial charge >= 0.3 is 5.97 Å². The molecule has 0 amide bonds. The molecule has 0 spiro atoms. The van der Waals surface area contributed by atoms with Gasteiger partial charge in [0.25, 0.3) is 0 Å². The van der Waals surface area contributed by atoms with E-state index in [0.717, 1.165) is 51.3 Å². The molecule has 1 rings (SSSR count). The van der Waals surface area contributed by atoms with Gasteiger partial charge in [0.2, 0.25) is 0 Å². The second-order valence-electron chi connectivity index (χ2n) is 7.24. The minimum atomic E-state index is -0.0775. The molecular weight excluding hydrogens is 443 g/mol. The molecule has 2 unspecified atom stereocenters. The number of halogens is 1. The fourth-order valence-electron chi connectivity index (χ4n) is 3.17. The first kappa shape index (κ1) is 25.4. The van der Waals surface area contributed by atoms with Crippen molar-refractivity contribution in [2.24, 2.45) is 10.9 Å². The Hall–Kier alpha value is -0.570. The highest BCUT2D eigenvalue weighted by atomic mass is 127. The van der Waals surface area contributed by atoms with Crippen molar-refractivity contribution in [3.63, 3.8) is 0 Å². The Morgan fingerprint density at radius 2 is 1.92 bits per heavy atom. The quantitative estimate of drug-likeness (QED) is 0.165. The van der Waals surface area contributed by atoms with E-state index in [2.05, 4.69) is 41.3 Å². The summed E-state index contributed by atoms with van der Waals surface area (Å²) in [6.45, 7) is 12.3. The Morgan fingerprint density at radius 1 is 1.23 bits per heavy atom. The summed E-state index contributed by atoms with van der Waals surface area (Å²) >= 11 is 0. The lowest BCUT2D eigenvalue weighted by molar-refractivity contribution is -0.143. The third-order valence-corrected chi connectivity index (χ3v) is 4.82. The SMILES string of the molecule is CCOC(=O)CCCCCCNC(=NC)NC1CN(C(C)C)CC1C.I. The van der Waals surface area contributed by atoms with E-state index in [1.54, 1.807) is 0 Å². The van der Waals surface area contributed by atoms with Gasteiger partial charge in [-0.05, 0) is 39.5 Å². The van der Waals surface area contributed by atoms with Crippen LogP contribution >= 0.6 is 24.0 Å². The van der Waals surface area contributed by atoms with Gasteiger partial charge in [0.1, 0.15) is 0 Å². The highest BCUT2D eigenvalue weighted by Crippen LogP contribution is 2.18. The predicted octanol–water partition coefficient (Wildman–Crippen LogP) is 3.01. The van der Waals surface area contributed by atoms with Crippen LogP contribution in [-0.4, -0.2) is 62.2 Å². The largest absolute Gasteiger partial charge is 0.466 e. The highest BCUT2D eigenvalue weighted by molar-refractivity contribution is 14.0. The van der Waals surface area contributed by atoms with Crippen molar-refractivity contribution in [2.75, 3.05) is 33.3 Å². The monoisotopic (exact) mass is 482 g/mol. The topological polar surface area (TPSA) is 66.0 Å². The molecule has 1 fully saturated rings. The Kier molecular flexibility index (Phi) is 14.2. The van der Waals surface area contributed by atoms with E-state index in [0.29, 0.717) is 31.0 Å². The number of unbranched alkanes of at least 4 members (excludes halogenated alkanes) is 3. The van der Waals surface area contributed by atoms with Crippen LogP contribution in [0.3, 0.4) is 0 Å². The Labute approximate surface area is 176 Å². The lowest BCUT2D eigenvalue weighted by Crippen LogP contribution is -2.47. The average molecular weight is 482 g/mol. The molecule has 26 heavy (non-hydrogen) atoms. The maximum absolute atomic E-state index is 11.3. The lowest BCUT2D eigenvalue weighted by atomic mass is 10.1. The van der Waals surface area contributed by atoms with Gasteiger partial charge in [0.15, 0.2) is 5.96 Å². The van der Waals surface area contributed by atoms with E-state index in [1.807, 2.05) is 14.0 Å². The zero-order chi connectivity index (χ0) is 18.7. The number of likely N-dealkylation sites (tertiary alicyclic amines) is 1. The molecule has 6 nitrogen and oxygen atoms in total. The van der Waals surface area contributed by atoms with Crippen molar-refractivity contribution in [3.05, 3.63) is 0 Å². The van der Waals surface area contributed by atoms with Crippen molar-refractivity contribution in [3.8, 4) is 0 Å². The predicted molar refractivity (Wildman–Crippen MR) is 119 cm³/mol. The molecule has 1 saturated heterocycles. The molecule has 0 bridgehead atoms. The first-order valence-electron chi connectivity index (χ1n) is 9.84. The molecule has 1 heterocycles. The maximum atomic E-state index is 11.3. The number of hydrogen-bond acceptors (Lipinski definition) is 4. The number of rotatable bonds is 10. The zero-order valence-electron chi connectivity index (χ0n) is 17.2. The molecule has 0 aliphatic carbocycles. The van der Waals surface area contributed by atoms with Gasteiger partial charge in [-0.1, -0.05) is 19.8 Å². The van der Waals surface area contributed by atoms with Crippen LogP contribution in [0.4, 0.5) is 0 Å². The minimum Gasteiger partial charge on any atom is -0.466 e. The second kappa shape index (κ2) is 14.5. The Bertz CT molecular complexity index is 418. The number of esters is 1. The molecule has 0 aromatic heterocycles. The summed E-state index contributed by atoms with van der Waals surface area (Å²) < 4.78 is 4.93. The molecule has 0 saturated carbocycles. The number of nitrogens with one attached hydrogen (secondary N) is 2. The van der Waals surface area contributed by atoms with Crippen LogP contribution in [0.25, 0.3) is 0 Å². The average Bonchev–Trinajstić information content (AvgIpc) is 2.94. The summed E-state index contributed by atoms with van der Waals surface area (Å²) in [6.07, 6.45) is 4.72. The van der Waals surface area contributed by atoms with Gasteiger partial charge in [0.05, 0.1) is 6.61 Å². The van der Waals surface area contributed by atoms with Gasteiger partial charge in [-0.15, -0.1) is 24.0 Å².